The van der Waals surface area contributed by atoms with E-state index in [4.69, 9.17) is 4.43 Å². The monoisotopic (exact) mass is 428 g/mol. The van der Waals surface area contributed by atoms with Crippen molar-refractivity contribution in [3.8, 4) is 5.75 Å². The van der Waals surface area contributed by atoms with E-state index in [2.05, 4.69) is 70.5 Å². The second kappa shape index (κ2) is 6.10. The van der Waals surface area contributed by atoms with Crippen LogP contribution in [-0.4, -0.2) is 27.4 Å². The van der Waals surface area contributed by atoms with Gasteiger partial charge in [0.05, 0.1) is 0 Å². The quantitative estimate of drug-likeness (QED) is 0.648. The van der Waals surface area contributed by atoms with Gasteiger partial charge in [-0.05, 0) is 0 Å². The summed E-state index contributed by atoms with van der Waals surface area (Å²) in [5.41, 5.74) is 3.02. The fourth-order valence-corrected chi connectivity index (χ4v) is 11.0. The van der Waals surface area contributed by atoms with Crippen LogP contribution in [0.25, 0.3) is 0 Å². The Morgan fingerprint density at radius 1 is 0.923 bits per heavy atom. The first-order valence-corrected chi connectivity index (χ1v) is 18.5. The average molecular weight is 427 g/mol. The summed E-state index contributed by atoms with van der Waals surface area (Å²) in [6, 6.07) is 12.5. The van der Waals surface area contributed by atoms with E-state index in [0.717, 1.165) is 16.9 Å². The molecule has 4 heteroatoms. The summed E-state index contributed by atoms with van der Waals surface area (Å²) in [5, 5.41) is 0.152. The minimum atomic E-state index is -2.54. The first-order valence-electron chi connectivity index (χ1n) is 9.34. The number of carbonyl (C=O) groups is 1. The van der Waals surface area contributed by atoms with E-state index >= 15 is 0 Å². The van der Waals surface area contributed by atoms with E-state index in [1.807, 2.05) is 18.2 Å². The van der Waals surface area contributed by atoms with E-state index in [0.29, 0.717) is 0 Å². The molecule has 0 aliphatic carbocycles. The fraction of sp³-hybridized carbons (Fsp3) is 0.409. The van der Waals surface area contributed by atoms with Crippen molar-refractivity contribution in [1.82, 2.24) is 0 Å². The number of benzene rings is 2. The normalized spacial score (nSPS) is 16.1. The molecule has 1 aliphatic heterocycles. The first kappa shape index (κ1) is 19.4. The molecule has 1 heterocycles. The van der Waals surface area contributed by atoms with Crippen LogP contribution in [0, 0.1) is 6.92 Å². The third kappa shape index (κ3) is 3.09. The topological polar surface area (TPSA) is 26.3 Å². The maximum absolute atomic E-state index is 13.1. The summed E-state index contributed by atoms with van der Waals surface area (Å²) in [6.07, 6.45) is 0. The van der Waals surface area contributed by atoms with E-state index in [9.17, 15) is 4.79 Å². The third-order valence-electron chi connectivity index (χ3n) is 6.18. The van der Waals surface area contributed by atoms with Crippen molar-refractivity contribution >= 4 is 36.2 Å². The maximum atomic E-state index is 13.1. The first-order chi connectivity index (χ1) is 11.8. The van der Waals surface area contributed by atoms with Crippen LogP contribution >= 0.6 is 0 Å². The molecule has 0 spiro atoms. The van der Waals surface area contributed by atoms with Crippen LogP contribution < -0.4 is 13.2 Å². The molecular weight excluding hydrogens is 397 g/mol. The van der Waals surface area contributed by atoms with Crippen molar-refractivity contribution in [2.75, 3.05) is 0 Å². The number of carbonyl (C=O) groups excluding carboxylic acids is 1. The molecule has 26 heavy (non-hydrogen) atoms. The standard InChI is InChI=1S/C22H30GeO2Si/c1-15-9-11-17-19(13-15)23(5,6)20-14-16(10-12-18(20)21(17)24)25-26(7,8)22(2,3)4/h9-14H,1-8H3. The molecule has 0 radical (unpaired) electrons. The SMILES string of the molecule is Cc1ccc2[c](c1)[Ge]([CH3])([CH3])[c]1cc(O[Si](C)(C)C(C)(C)C)ccc1C2=O. The Morgan fingerprint density at radius 2 is 1.46 bits per heavy atom. The molecule has 138 valence electrons. The summed E-state index contributed by atoms with van der Waals surface area (Å²) in [7, 11) is -1.90. The van der Waals surface area contributed by atoms with Gasteiger partial charge in [-0.3, -0.25) is 0 Å². The molecule has 3 rings (SSSR count). The zero-order valence-electron chi connectivity index (χ0n) is 17.3. The molecule has 2 nitrogen and oxygen atoms in total. The Hall–Kier alpha value is -1.33. The number of ketones is 1. The van der Waals surface area contributed by atoms with Crippen LogP contribution in [0.1, 0.15) is 42.3 Å². The van der Waals surface area contributed by atoms with Gasteiger partial charge >= 0.3 is 162 Å². The summed E-state index contributed by atoms with van der Waals surface area (Å²) >= 11 is -2.54. The minimum absolute atomic E-state index is 0.152. The van der Waals surface area contributed by atoms with Crippen molar-refractivity contribution in [2.24, 2.45) is 0 Å². The molecular formula is C22H30GeO2Si. The number of aryl methyl sites for hydroxylation is 1. The van der Waals surface area contributed by atoms with Gasteiger partial charge in [-0.15, -0.1) is 0 Å². The molecule has 0 fully saturated rings. The van der Waals surface area contributed by atoms with Crippen LogP contribution in [0.15, 0.2) is 36.4 Å². The number of hydrogen-bond donors (Lipinski definition) is 0. The second-order valence-corrected chi connectivity index (χ2v) is 23.4. The number of hydrogen-bond acceptors (Lipinski definition) is 2. The van der Waals surface area contributed by atoms with E-state index < -0.39 is 21.6 Å². The van der Waals surface area contributed by atoms with Gasteiger partial charge in [-0.2, -0.15) is 0 Å². The molecule has 0 bridgehead atoms. The van der Waals surface area contributed by atoms with Crippen LogP contribution in [0.3, 0.4) is 0 Å². The average Bonchev–Trinajstić information content (AvgIpc) is 2.51. The van der Waals surface area contributed by atoms with E-state index in [1.165, 1.54) is 14.4 Å². The Morgan fingerprint density at radius 3 is 2.04 bits per heavy atom. The van der Waals surface area contributed by atoms with Crippen molar-refractivity contribution in [3.63, 3.8) is 0 Å². The molecule has 0 saturated heterocycles. The molecule has 0 amide bonds. The summed E-state index contributed by atoms with van der Waals surface area (Å²) < 4.78 is 9.08. The predicted octanol–water partition coefficient (Wildman–Crippen LogP) is 4.75. The van der Waals surface area contributed by atoms with Crippen molar-refractivity contribution in [3.05, 3.63) is 53.1 Å². The van der Waals surface area contributed by atoms with Crippen LogP contribution in [0.4, 0.5) is 0 Å². The second-order valence-electron chi connectivity index (χ2n) is 9.57. The molecule has 1 aliphatic rings. The Balaban J connectivity index is 2.11. The van der Waals surface area contributed by atoms with Gasteiger partial charge in [0, 0.05) is 0 Å². The number of fused-ring (bicyclic) bond motifs is 2. The van der Waals surface area contributed by atoms with E-state index in [1.54, 1.807) is 0 Å². The summed E-state index contributed by atoms with van der Waals surface area (Å²) in [5.74, 6) is 5.87. The zero-order chi connectivity index (χ0) is 19.5. The van der Waals surface area contributed by atoms with Gasteiger partial charge < -0.3 is 0 Å². The third-order valence-corrected chi connectivity index (χ3v) is 17.9. The Bertz CT molecular complexity index is 892. The van der Waals surface area contributed by atoms with Crippen LogP contribution in [0.2, 0.25) is 29.6 Å². The molecule has 0 N–H and O–H groups in total. The molecule has 0 saturated carbocycles. The fourth-order valence-electron chi connectivity index (χ4n) is 3.41. The number of rotatable bonds is 2. The molecule has 2 aromatic carbocycles. The molecule has 0 atom stereocenters. The Labute approximate surface area is 161 Å². The van der Waals surface area contributed by atoms with Crippen LogP contribution in [0.5, 0.6) is 5.75 Å². The summed E-state index contributed by atoms with van der Waals surface area (Å²) in [4.78, 5) is 13.1. The molecule has 2 aromatic rings. The van der Waals surface area contributed by atoms with Gasteiger partial charge in [0.25, 0.3) is 0 Å². The van der Waals surface area contributed by atoms with Gasteiger partial charge in [-0.25, -0.2) is 0 Å². The summed E-state index contributed by atoms with van der Waals surface area (Å²) in [6.45, 7) is 13.4. The predicted molar refractivity (Wildman–Crippen MR) is 116 cm³/mol. The van der Waals surface area contributed by atoms with Crippen molar-refractivity contribution in [1.29, 1.82) is 0 Å². The van der Waals surface area contributed by atoms with Gasteiger partial charge in [-0.1, -0.05) is 0 Å². The molecule has 0 unspecified atom stereocenters. The van der Waals surface area contributed by atoms with Crippen molar-refractivity contribution in [2.45, 2.75) is 57.3 Å². The van der Waals surface area contributed by atoms with Gasteiger partial charge in [0.15, 0.2) is 0 Å². The van der Waals surface area contributed by atoms with E-state index in [-0.39, 0.29) is 10.8 Å². The van der Waals surface area contributed by atoms with Gasteiger partial charge in [0.1, 0.15) is 0 Å². The molecule has 0 aromatic heterocycles. The van der Waals surface area contributed by atoms with Crippen molar-refractivity contribution < 1.29 is 9.22 Å². The van der Waals surface area contributed by atoms with Crippen LogP contribution in [-0.2, 0) is 0 Å². The zero-order valence-corrected chi connectivity index (χ0v) is 20.4. The van der Waals surface area contributed by atoms with Gasteiger partial charge in [0.2, 0.25) is 0 Å². The Kier molecular flexibility index (Phi) is 4.56.